The quantitative estimate of drug-likeness (QED) is 0.303. The van der Waals surface area contributed by atoms with E-state index in [9.17, 15) is 10.1 Å². The Kier molecular flexibility index (Phi) is 7.68. The minimum Gasteiger partial charge on any atom is -0.298 e. The van der Waals surface area contributed by atoms with Crippen molar-refractivity contribution in [3.05, 3.63) is 0 Å². The molecule has 0 fully saturated rings. The lowest BCUT2D eigenvalue weighted by Crippen LogP contribution is -2.22. The van der Waals surface area contributed by atoms with Crippen molar-refractivity contribution in [3.63, 3.8) is 0 Å². The highest BCUT2D eigenvalue weighted by Crippen LogP contribution is 2.21. The van der Waals surface area contributed by atoms with Crippen LogP contribution >= 0.6 is 0 Å². The first-order chi connectivity index (χ1) is 9.87. The summed E-state index contributed by atoms with van der Waals surface area (Å²) < 4.78 is 0. The van der Waals surface area contributed by atoms with Crippen LogP contribution in [0.1, 0.15) is 74.1 Å². The number of carbonyl (C=O) groups excluding carboxylic acids is 1. The van der Waals surface area contributed by atoms with Gasteiger partial charge in [0.15, 0.2) is 5.54 Å². The van der Waals surface area contributed by atoms with Crippen LogP contribution in [-0.4, -0.2) is 22.6 Å². The van der Waals surface area contributed by atoms with Crippen molar-refractivity contribution in [2.75, 3.05) is 0 Å². The predicted octanol–water partition coefficient (Wildman–Crippen LogP) is 4.35. The molecule has 6 nitrogen and oxygen atoms in total. The number of hydrogen-bond acceptors (Lipinski definition) is 6. The SMILES string of the molecule is CC(C)(C)N=NC(C)(C#N)CCCCC(=O)OOC(C)(C)C. The molecule has 0 aromatic heterocycles. The fourth-order valence-corrected chi connectivity index (χ4v) is 1.34. The van der Waals surface area contributed by atoms with Gasteiger partial charge in [-0.2, -0.15) is 20.4 Å². The van der Waals surface area contributed by atoms with Gasteiger partial charge in [0.1, 0.15) is 5.60 Å². The van der Waals surface area contributed by atoms with Crippen LogP contribution in [0.2, 0.25) is 0 Å². The van der Waals surface area contributed by atoms with E-state index in [1.54, 1.807) is 27.7 Å². The van der Waals surface area contributed by atoms with E-state index in [0.29, 0.717) is 19.3 Å². The van der Waals surface area contributed by atoms with Gasteiger partial charge in [0.05, 0.1) is 11.6 Å². The van der Waals surface area contributed by atoms with Gasteiger partial charge in [-0.1, -0.05) is 0 Å². The molecule has 126 valence electrons. The molecule has 0 aromatic rings. The molecule has 0 rings (SSSR count). The lowest BCUT2D eigenvalue weighted by Gasteiger charge is -2.18. The third kappa shape index (κ3) is 11.2. The number of carbonyl (C=O) groups is 1. The van der Waals surface area contributed by atoms with Crippen molar-refractivity contribution in [2.24, 2.45) is 10.2 Å². The molecule has 0 aliphatic rings. The number of nitriles is 1. The van der Waals surface area contributed by atoms with Gasteiger partial charge in [0.2, 0.25) is 0 Å². The van der Waals surface area contributed by atoms with E-state index in [-0.39, 0.29) is 12.0 Å². The lowest BCUT2D eigenvalue weighted by atomic mass is 9.97. The van der Waals surface area contributed by atoms with Gasteiger partial charge in [-0.3, -0.25) is 4.89 Å². The van der Waals surface area contributed by atoms with E-state index < -0.39 is 17.1 Å². The normalized spacial score (nSPS) is 15.4. The van der Waals surface area contributed by atoms with Crippen LogP contribution < -0.4 is 0 Å². The summed E-state index contributed by atoms with van der Waals surface area (Å²) in [4.78, 5) is 21.1. The number of rotatable bonds is 7. The number of azo groups is 1. The summed E-state index contributed by atoms with van der Waals surface area (Å²) in [5, 5.41) is 17.6. The zero-order valence-electron chi connectivity index (χ0n) is 14.9. The molecule has 0 saturated carbocycles. The predicted molar refractivity (Wildman–Crippen MR) is 84.0 cm³/mol. The fraction of sp³-hybridized carbons (Fsp3) is 0.875. The van der Waals surface area contributed by atoms with E-state index in [4.69, 9.17) is 9.78 Å². The maximum atomic E-state index is 11.5. The zero-order valence-corrected chi connectivity index (χ0v) is 14.9. The average molecular weight is 311 g/mol. The Morgan fingerprint density at radius 1 is 1.05 bits per heavy atom. The van der Waals surface area contributed by atoms with E-state index in [1.807, 2.05) is 20.8 Å². The van der Waals surface area contributed by atoms with Gasteiger partial charge in [-0.15, -0.1) is 0 Å². The Balaban J connectivity index is 4.15. The molecular formula is C16H29N3O3. The minimum absolute atomic E-state index is 0.258. The fourth-order valence-electron chi connectivity index (χ4n) is 1.34. The smallest absolute Gasteiger partial charge is 0.298 e. The molecule has 0 bridgehead atoms. The molecule has 0 radical (unpaired) electrons. The van der Waals surface area contributed by atoms with Gasteiger partial charge in [0, 0.05) is 6.42 Å². The molecule has 0 N–H and O–H groups in total. The van der Waals surface area contributed by atoms with Gasteiger partial charge in [-0.05, 0) is 67.7 Å². The molecule has 6 heteroatoms. The number of hydrogen-bond donors (Lipinski definition) is 0. The summed E-state index contributed by atoms with van der Waals surface area (Å²) in [6.07, 6.45) is 2.12. The molecular weight excluding hydrogens is 282 g/mol. The van der Waals surface area contributed by atoms with E-state index in [2.05, 4.69) is 16.3 Å². The summed E-state index contributed by atoms with van der Waals surface area (Å²) in [7, 11) is 0. The van der Waals surface area contributed by atoms with E-state index >= 15 is 0 Å². The molecule has 22 heavy (non-hydrogen) atoms. The highest BCUT2D eigenvalue weighted by molar-refractivity contribution is 5.68. The average Bonchev–Trinajstić information content (AvgIpc) is 2.37. The van der Waals surface area contributed by atoms with Crippen LogP contribution in [0.5, 0.6) is 0 Å². The van der Waals surface area contributed by atoms with Crippen molar-refractivity contribution in [3.8, 4) is 6.07 Å². The maximum Gasteiger partial charge on any atom is 0.342 e. The second-order valence-corrected chi connectivity index (χ2v) is 7.61. The first-order valence-electron chi connectivity index (χ1n) is 7.61. The summed E-state index contributed by atoms with van der Waals surface area (Å²) in [5.74, 6) is -0.398. The van der Waals surface area contributed by atoms with Crippen LogP contribution in [0.3, 0.4) is 0 Å². The van der Waals surface area contributed by atoms with Crippen molar-refractivity contribution in [1.82, 2.24) is 0 Å². The molecule has 0 aliphatic heterocycles. The van der Waals surface area contributed by atoms with Crippen LogP contribution in [0.25, 0.3) is 0 Å². The van der Waals surface area contributed by atoms with Crippen LogP contribution in [0, 0.1) is 11.3 Å². The monoisotopic (exact) mass is 311 g/mol. The molecule has 0 saturated heterocycles. The van der Waals surface area contributed by atoms with Crippen LogP contribution in [0.15, 0.2) is 10.2 Å². The van der Waals surface area contributed by atoms with Gasteiger partial charge >= 0.3 is 5.97 Å². The molecule has 1 atom stereocenters. The summed E-state index contributed by atoms with van der Waals surface area (Å²) in [6, 6.07) is 2.18. The summed E-state index contributed by atoms with van der Waals surface area (Å²) in [6.45, 7) is 13.0. The van der Waals surface area contributed by atoms with Crippen LogP contribution in [-0.2, 0) is 14.6 Å². The van der Waals surface area contributed by atoms with Crippen molar-refractivity contribution in [2.45, 2.75) is 90.8 Å². The molecule has 0 spiro atoms. The lowest BCUT2D eigenvalue weighted by molar-refractivity contribution is -0.320. The maximum absolute atomic E-state index is 11.5. The number of nitrogens with zero attached hydrogens (tertiary/aromatic N) is 3. The first-order valence-corrected chi connectivity index (χ1v) is 7.61. The minimum atomic E-state index is -0.848. The number of unbranched alkanes of at least 4 members (excludes halogenated alkanes) is 1. The first kappa shape index (κ1) is 20.5. The second kappa shape index (κ2) is 8.23. The van der Waals surface area contributed by atoms with Crippen LogP contribution in [0.4, 0.5) is 0 Å². The molecule has 0 aromatic carbocycles. The highest BCUT2D eigenvalue weighted by atomic mass is 17.2. The Morgan fingerprint density at radius 3 is 2.09 bits per heavy atom. The molecule has 0 heterocycles. The highest BCUT2D eigenvalue weighted by Gasteiger charge is 2.24. The standard InChI is InChI=1S/C16H29N3O3/c1-14(2,3)18-19-16(7,12-17)11-9-8-10-13(20)21-22-15(4,5)6/h8-11H2,1-7H3. The Hall–Kier alpha value is -1.48. The van der Waals surface area contributed by atoms with Crippen molar-refractivity contribution in [1.29, 1.82) is 5.26 Å². The third-order valence-corrected chi connectivity index (χ3v) is 2.49. The third-order valence-electron chi connectivity index (χ3n) is 2.49. The summed E-state index contributed by atoms with van der Waals surface area (Å²) >= 11 is 0. The van der Waals surface area contributed by atoms with E-state index in [1.165, 1.54) is 0 Å². The Labute approximate surface area is 133 Å². The van der Waals surface area contributed by atoms with Crippen molar-refractivity contribution >= 4 is 5.97 Å². The Morgan fingerprint density at radius 2 is 1.64 bits per heavy atom. The van der Waals surface area contributed by atoms with Crippen molar-refractivity contribution < 1.29 is 14.6 Å². The summed E-state index contributed by atoms with van der Waals surface area (Å²) in [5.41, 5.74) is -1.66. The van der Waals surface area contributed by atoms with Gasteiger partial charge in [-0.25, -0.2) is 4.79 Å². The van der Waals surface area contributed by atoms with Gasteiger partial charge < -0.3 is 0 Å². The second-order valence-electron chi connectivity index (χ2n) is 7.61. The largest absolute Gasteiger partial charge is 0.342 e. The topological polar surface area (TPSA) is 84.0 Å². The molecule has 1 unspecified atom stereocenters. The van der Waals surface area contributed by atoms with Gasteiger partial charge in [0.25, 0.3) is 0 Å². The Bertz CT molecular complexity index is 427. The zero-order chi connectivity index (χ0) is 17.4. The molecule has 0 aliphatic carbocycles. The van der Waals surface area contributed by atoms with E-state index in [0.717, 1.165) is 0 Å². The molecule has 0 amide bonds.